The van der Waals surface area contributed by atoms with Crippen molar-refractivity contribution >= 4 is 23.5 Å². The molecule has 0 saturated carbocycles. The Kier molecular flexibility index (Phi) is 5.06. The highest BCUT2D eigenvalue weighted by molar-refractivity contribution is 6.10. The monoisotopic (exact) mass is 417 g/mol. The van der Waals surface area contributed by atoms with Crippen molar-refractivity contribution in [1.82, 2.24) is 20.0 Å². The van der Waals surface area contributed by atoms with Crippen LogP contribution >= 0.6 is 0 Å². The molecule has 1 aromatic heterocycles. The van der Waals surface area contributed by atoms with Crippen LogP contribution in [0.2, 0.25) is 0 Å². The van der Waals surface area contributed by atoms with E-state index in [9.17, 15) is 14.4 Å². The Morgan fingerprint density at radius 2 is 1.65 bits per heavy atom. The van der Waals surface area contributed by atoms with Crippen molar-refractivity contribution in [3.8, 4) is 5.69 Å². The molecule has 8 nitrogen and oxygen atoms in total. The Morgan fingerprint density at radius 3 is 2.29 bits per heavy atom. The van der Waals surface area contributed by atoms with Gasteiger partial charge in [0.2, 0.25) is 5.91 Å². The van der Waals surface area contributed by atoms with E-state index in [1.807, 2.05) is 43.3 Å². The van der Waals surface area contributed by atoms with Gasteiger partial charge in [-0.2, -0.15) is 5.10 Å². The predicted molar refractivity (Wildman–Crippen MR) is 116 cm³/mol. The summed E-state index contributed by atoms with van der Waals surface area (Å²) in [5.41, 5.74) is 2.28. The maximum atomic E-state index is 13.0. The molecular weight excluding hydrogens is 394 g/mol. The zero-order valence-corrected chi connectivity index (χ0v) is 17.5. The van der Waals surface area contributed by atoms with Crippen molar-refractivity contribution in [2.24, 2.45) is 0 Å². The van der Waals surface area contributed by atoms with E-state index in [1.54, 1.807) is 42.8 Å². The minimum absolute atomic E-state index is 0.386. The van der Waals surface area contributed by atoms with E-state index < -0.39 is 23.4 Å². The van der Waals surface area contributed by atoms with Crippen LogP contribution in [0.5, 0.6) is 0 Å². The number of nitrogens with one attached hydrogen (secondary N) is 2. The van der Waals surface area contributed by atoms with E-state index in [4.69, 9.17) is 0 Å². The lowest BCUT2D eigenvalue weighted by molar-refractivity contribution is -0.133. The fourth-order valence-electron chi connectivity index (χ4n) is 3.77. The summed E-state index contributed by atoms with van der Waals surface area (Å²) in [7, 11) is 0. The van der Waals surface area contributed by atoms with Gasteiger partial charge in [-0.1, -0.05) is 48.5 Å². The molecule has 1 atom stereocenters. The van der Waals surface area contributed by atoms with Gasteiger partial charge in [0.05, 0.1) is 22.8 Å². The summed E-state index contributed by atoms with van der Waals surface area (Å²) in [6.07, 6.45) is 0. The standard InChI is InChI=1S/C23H23N5O3/c1-15-20(16(2)28(26-15)18-12-8-5-9-13-18)24-19(29)14-27-21(30)23(3,25-22(27)31)17-10-6-4-7-11-17/h4-13H,14H2,1-3H3,(H,24,29)(H,25,31). The summed E-state index contributed by atoms with van der Waals surface area (Å²) in [6, 6.07) is 17.9. The molecule has 0 radical (unpaired) electrons. The van der Waals surface area contributed by atoms with E-state index in [1.165, 1.54) is 0 Å². The highest BCUT2D eigenvalue weighted by atomic mass is 16.2. The summed E-state index contributed by atoms with van der Waals surface area (Å²) in [5, 5.41) is 10.0. The number of hydrogen-bond acceptors (Lipinski definition) is 4. The summed E-state index contributed by atoms with van der Waals surface area (Å²) in [5.74, 6) is -0.938. The Bertz CT molecular complexity index is 1160. The molecule has 0 aliphatic carbocycles. The van der Waals surface area contributed by atoms with Crippen LogP contribution in [0.15, 0.2) is 60.7 Å². The quantitative estimate of drug-likeness (QED) is 0.624. The fraction of sp³-hybridized carbons (Fsp3) is 0.217. The number of hydrogen-bond donors (Lipinski definition) is 2. The summed E-state index contributed by atoms with van der Waals surface area (Å²) in [6.45, 7) is 4.90. The van der Waals surface area contributed by atoms with E-state index in [0.717, 1.165) is 16.3 Å². The second kappa shape index (κ2) is 7.71. The number of para-hydroxylation sites is 1. The Morgan fingerprint density at radius 1 is 1.03 bits per heavy atom. The SMILES string of the molecule is Cc1nn(-c2ccccc2)c(C)c1NC(=O)CN1C(=O)NC(C)(c2ccccc2)C1=O. The van der Waals surface area contributed by atoms with Crippen molar-refractivity contribution < 1.29 is 14.4 Å². The van der Waals surface area contributed by atoms with Gasteiger partial charge in [0.15, 0.2) is 0 Å². The van der Waals surface area contributed by atoms with Crippen molar-refractivity contribution in [2.75, 3.05) is 11.9 Å². The minimum Gasteiger partial charge on any atom is -0.321 e. The summed E-state index contributed by atoms with van der Waals surface area (Å²) in [4.78, 5) is 39.2. The lowest BCUT2D eigenvalue weighted by Gasteiger charge is -2.22. The molecule has 1 saturated heterocycles. The van der Waals surface area contributed by atoms with Gasteiger partial charge in [-0.3, -0.25) is 14.5 Å². The first-order chi connectivity index (χ1) is 14.8. The third kappa shape index (κ3) is 3.56. The van der Waals surface area contributed by atoms with Gasteiger partial charge >= 0.3 is 6.03 Å². The summed E-state index contributed by atoms with van der Waals surface area (Å²) < 4.78 is 1.74. The number of imide groups is 1. The first-order valence-corrected chi connectivity index (χ1v) is 9.92. The van der Waals surface area contributed by atoms with Gasteiger partial charge in [-0.05, 0) is 38.5 Å². The number of aromatic nitrogens is 2. The molecule has 1 aliphatic rings. The number of nitrogens with zero attached hydrogens (tertiary/aromatic N) is 3. The average molecular weight is 417 g/mol. The molecule has 2 N–H and O–H groups in total. The van der Waals surface area contributed by atoms with Crippen LogP contribution in [-0.2, 0) is 15.1 Å². The topological polar surface area (TPSA) is 96.3 Å². The first-order valence-electron chi connectivity index (χ1n) is 9.92. The molecule has 3 aromatic rings. The van der Waals surface area contributed by atoms with E-state index >= 15 is 0 Å². The van der Waals surface area contributed by atoms with Gasteiger partial charge in [-0.25, -0.2) is 9.48 Å². The lowest BCUT2D eigenvalue weighted by Crippen LogP contribution is -2.42. The fourth-order valence-corrected chi connectivity index (χ4v) is 3.77. The van der Waals surface area contributed by atoms with Gasteiger partial charge < -0.3 is 10.6 Å². The molecule has 0 spiro atoms. The van der Waals surface area contributed by atoms with E-state index in [2.05, 4.69) is 15.7 Å². The third-order valence-corrected chi connectivity index (χ3v) is 5.48. The van der Waals surface area contributed by atoms with Crippen molar-refractivity contribution in [3.63, 3.8) is 0 Å². The zero-order chi connectivity index (χ0) is 22.2. The number of aryl methyl sites for hydroxylation is 1. The molecule has 0 bridgehead atoms. The Hall–Kier alpha value is -3.94. The Balaban J connectivity index is 1.52. The van der Waals surface area contributed by atoms with Gasteiger partial charge in [0.25, 0.3) is 5.91 Å². The van der Waals surface area contributed by atoms with Crippen molar-refractivity contribution in [3.05, 3.63) is 77.6 Å². The maximum Gasteiger partial charge on any atom is 0.325 e. The largest absolute Gasteiger partial charge is 0.325 e. The highest BCUT2D eigenvalue weighted by Crippen LogP contribution is 2.29. The number of benzene rings is 2. The van der Waals surface area contributed by atoms with Crippen LogP contribution in [-0.4, -0.2) is 39.1 Å². The number of rotatable bonds is 5. The molecular formula is C23H23N5O3. The van der Waals surface area contributed by atoms with Gasteiger partial charge in [0.1, 0.15) is 12.1 Å². The minimum atomic E-state index is -1.21. The third-order valence-electron chi connectivity index (χ3n) is 5.48. The molecule has 1 fully saturated rings. The van der Waals surface area contributed by atoms with E-state index in [0.29, 0.717) is 16.9 Å². The average Bonchev–Trinajstić information content (AvgIpc) is 3.17. The van der Waals surface area contributed by atoms with Crippen LogP contribution < -0.4 is 10.6 Å². The second-order valence-corrected chi connectivity index (χ2v) is 7.65. The first kappa shape index (κ1) is 20.3. The number of urea groups is 1. The highest BCUT2D eigenvalue weighted by Gasteiger charge is 2.49. The number of anilines is 1. The molecule has 8 heteroatoms. The van der Waals surface area contributed by atoms with Crippen molar-refractivity contribution in [2.45, 2.75) is 26.3 Å². The van der Waals surface area contributed by atoms with Crippen LogP contribution in [0.25, 0.3) is 5.69 Å². The molecule has 2 aromatic carbocycles. The zero-order valence-electron chi connectivity index (χ0n) is 17.5. The molecule has 2 heterocycles. The summed E-state index contributed by atoms with van der Waals surface area (Å²) >= 11 is 0. The molecule has 4 amide bonds. The molecule has 1 unspecified atom stereocenters. The van der Waals surface area contributed by atoms with Gasteiger partial charge in [0, 0.05) is 0 Å². The molecule has 4 rings (SSSR count). The molecule has 158 valence electrons. The Labute approximate surface area is 179 Å². The van der Waals surface area contributed by atoms with Crippen LogP contribution in [0.4, 0.5) is 10.5 Å². The van der Waals surface area contributed by atoms with Crippen LogP contribution in [0, 0.1) is 13.8 Å². The van der Waals surface area contributed by atoms with E-state index in [-0.39, 0.29) is 6.54 Å². The van der Waals surface area contributed by atoms with Crippen molar-refractivity contribution in [1.29, 1.82) is 0 Å². The molecule has 31 heavy (non-hydrogen) atoms. The predicted octanol–water partition coefficient (Wildman–Crippen LogP) is 2.89. The second-order valence-electron chi connectivity index (χ2n) is 7.65. The maximum absolute atomic E-state index is 13.0. The normalized spacial score (nSPS) is 18.2. The van der Waals surface area contributed by atoms with Gasteiger partial charge in [-0.15, -0.1) is 0 Å². The number of amides is 4. The molecule has 1 aliphatic heterocycles. The number of carbonyl (C=O) groups is 3. The smallest absolute Gasteiger partial charge is 0.321 e. The lowest BCUT2D eigenvalue weighted by atomic mass is 9.92. The van der Waals surface area contributed by atoms with Crippen LogP contribution in [0.1, 0.15) is 23.9 Å². The van der Waals surface area contributed by atoms with Crippen LogP contribution in [0.3, 0.4) is 0 Å². The number of carbonyl (C=O) groups excluding carboxylic acids is 3.